The molecule has 0 unspecified atom stereocenters. The lowest BCUT2D eigenvalue weighted by Gasteiger charge is -2.16. The molecule has 0 spiro atoms. The fourth-order valence-corrected chi connectivity index (χ4v) is 3.08. The summed E-state index contributed by atoms with van der Waals surface area (Å²) in [5, 5.41) is 9.80. The van der Waals surface area contributed by atoms with Crippen molar-refractivity contribution in [2.24, 2.45) is 12.9 Å². The summed E-state index contributed by atoms with van der Waals surface area (Å²) in [6.45, 7) is -5.00. The summed E-state index contributed by atoms with van der Waals surface area (Å²) in [4.78, 5) is 33.3. The van der Waals surface area contributed by atoms with Crippen LogP contribution in [0.4, 0.5) is 17.2 Å². The van der Waals surface area contributed by atoms with E-state index in [0.717, 1.165) is 23.9 Å². The van der Waals surface area contributed by atoms with E-state index in [0.29, 0.717) is 11.3 Å². The van der Waals surface area contributed by atoms with E-state index in [2.05, 4.69) is 25.7 Å². The molecule has 3 aromatic rings. The van der Waals surface area contributed by atoms with Gasteiger partial charge < -0.3 is 15.4 Å². The molecule has 0 saturated heterocycles. The highest BCUT2D eigenvalue weighted by molar-refractivity contribution is 6.03. The first-order chi connectivity index (χ1) is 17.4. The van der Waals surface area contributed by atoms with Gasteiger partial charge in [0.05, 0.1) is 29.6 Å². The number of ketones is 1. The number of benzene rings is 1. The average Bonchev–Trinajstić information content (AvgIpc) is 3.53. The number of hydrogen-bond acceptors (Lipinski definition) is 7. The van der Waals surface area contributed by atoms with Gasteiger partial charge in [0.25, 0.3) is 0 Å². The van der Waals surface area contributed by atoms with Gasteiger partial charge >= 0.3 is 0 Å². The van der Waals surface area contributed by atoms with E-state index in [-0.39, 0.29) is 40.5 Å². The van der Waals surface area contributed by atoms with E-state index in [1.54, 1.807) is 18.2 Å². The third-order valence-corrected chi connectivity index (χ3v) is 4.79. The van der Waals surface area contributed by atoms with Gasteiger partial charge in [-0.25, -0.2) is 9.97 Å². The van der Waals surface area contributed by atoms with Crippen molar-refractivity contribution in [3.05, 3.63) is 42.4 Å². The molecule has 1 aliphatic rings. The Morgan fingerprint density at radius 1 is 1.29 bits per heavy atom. The van der Waals surface area contributed by atoms with Crippen LogP contribution < -0.4 is 15.4 Å². The van der Waals surface area contributed by atoms with Crippen LogP contribution in [0.3, 0.4) is 0 Å². The van der Waals surface area contributed by atoms with Gasteiger partial charge in [-0.2, -0.15) is 5.10 Å². The van der Waals surface area contributed by atoms with Crippen LogP contribution in [0.5, 0.6) is 5.75 Å². The normalized spacial score (nSPS) is 16.7. The van der Waals surface area contributed by atoms with Gasteiger partial charge in [0.1, 0.15) is 12.1 Å². The van der Waals surface area contributed by atoms with Gasteiger partial charge in [0.15, 0.2) is 17.4 Å². The second kappa shape index (κ2) is 8.55. The van der Waals surface area contributed by atoms with Gasteiger partial charge in [-0.15, -0.1) is 0 Å². The van der Waals surface area contributed by atoms with E-state index >= 15 is 0 Å². The molecule has 1 fully saturated rings. The van der Waals surface area contributed by atoms with Crippen molar-refractivity contribution in [3.8, 4) is 17.1 Å². The van der Waals surface area contributed by atoms with Crippen molar-refractivity contribution >= 4 is 28.9 Å². The van der Waals surface area contributed by atoms with Gasteiger partial charge in [-0.05, 0) is 25.0 Å². The van der Waals surface area contributed by atoms with Crippen LogP contribution in [-0.4, -0.2) is 38.5 Å². The molecular formula is C22H24N6O3. The van der Waals surface area contributed by atoms with Crippen LogP contribution in [-0.2, 0) is 11.8 Å². The lowest BCUT2D eigenvalue weighted by atomic mass is 10.1. The average molecular weight is 427 g/mol. The number of Topliss-reactive ketones (excluding diaryl/α,β-unsaturated/α-hetero) is 1. The van der Waals surface area contributed by atoms with Crippen molar-refractivity contribution in [2.75, 3.05) is 17.7 Å². The number of nitrogens with one attached hydrogen (secondary N) is 2. The Labute approximate surface area is 188 Å². The fourth-order valence-electron chi connectivity index (χ4n) is 3.08. The molecule has 2 heterocycles. The number of carbonyl (C=O) groups is 2. The molecule has 0 bridgehead atoms. The van der Waals surface area contributed by atoms with Crippen LogP contribution in [0.25, 0.3) is 11.4 Å². The standard InChI is InChI=1S/C22H24N6O3/c1-4-18(29)15-11-23-19(26-22(30)13-8-9-13)10-17(15)25-16-7-5-6-14(20(16)31-3)21-24-12-28(2)27-21/h5-7,10-13H,4,8-9H2,1-3H3,(H2,23,25,26,30)/i1D3,2D3. The Kier molecular flexibility index (Phi) is 3.94. The van der Waals surface area contributed by atoms with Crippen LogP contribution in [0.2, 0.25) is 0 Å². The summed E-state index contributed by atoms with van der Waals surface area (Å²) in [6.07, 6.45) is 3.19. The van der Waals surface area contributed by atoms with Crippen molar-refractivity contribution in [3.63, 3.8) is 0 Å². The fraction of sp³-hybridized carbons (Fsp3) is 0.318. The molecular weight excluding hydrogens is 396 g/mol. The van der Waals surface area contributed by atoms with Crippen LogP contribution in [0.15, 0.2) is 36.8 Å². The molecule has 31 heavy (non-hydrogen) atoms. The summed E-state index contributed by atoms with van der Waals surface area (Å²) in [7, 11) is 1.40. The van der Waals surface area contributed by atoms with Gasteiger partial charge in [-0.3, -0.25) is 14.3 Å². The van der Waals surface area contributed by atoms with Gasteiger partial charge in [0, 0.05) is 39.8 Å². The molecule has 2 aromatic heterocycles. The molecule has 1 aromatic carbocycles. The predicted octanol–water partition coefficient (Wildman–Crippen LogP) is 3.57. The summed E-state index contributed by atoms with van der Waals surface area (Å²) < 4.78 is 51.2. The zero-order chi connectivity index (χ0) is 27.0. The van der Waals surface area contributed by atoms with Crippen molar-refractivity contribution in [1.82, 2.24) is 19.7 Å². The molecule has 0 radical (unpaired) electrons. The molecule has 160 valence electrons. The van der Waals surface area contributed by atoms with E-state index < -0.39 is 26.0 Å². The lowest BCUT2D eigenvalue weighted by Crippen LogP contribution is -2.15. The van der Waals surface area contributed by atoms with E-state index in [1.807, 2.05) is 0 Å². The third-order valence-electron chi connectivity index (χ3n) is 4.79. The highest BCUT2D eigenvalue weighted by Gasteiger charge is 2.30. The van der Waals surface area contributed by atoms with Gasteiger partial charge in [0.2, 0.25) is 5.91 Å². The smallest absolute Gasteiger partial charge is 0.228 e. The largest absolute Gasteiger partial charge is 0.494 e. The molecule has 9 heteroatoms. The summed E-state index contributed by atoms with van der Waals surface area (Å²) in [5.41, 5.74) is 0.950. The number of anilines is 3. The number of aromatic nitrogens is 4. The number of nitrogens with zero attached hydrogens (tertiary/aromatic N) is 4. The quantitative estimate of drug-likeness (QED) is 0.530. The number of carbonyl (C=O) groups excluding carboxylic acids is 2. The van der Waals surface area contributed by atoms with Crippen LogP contribution >= 0.6 is 0 Å². The maximum Gasteiger partial charge on any atom is 0.228 e. The lowest BCUT2D eigenvalue weighted by molar-refractivity contribution is -0.117. The first-order valence-corrected chi connectivity index (χ1v) is 9.56. The highest BCUT2D eigenvalue weighted by atomic mass is 16.5. The molecule has 1 aliphatic carbocycles. The number of ether oxygens (including phenoxy) is 1. The SMILES string of the molecule is [2H]C([2H])([2H])CC(=O)c1cnc(NC(=O)C2CC2)cc1Nc1cccc(-c2ncn(C([2H])([2H])[2H])n2)c1OC. The minimum atomic E-state index is -2.51. The van der Waals surface area contributed by atoms with Crippen molar-refractivity contribution in [2.45, 2.75) is 26.1 Å². The highest BCUT2D eigenvalue weighted by Crippen LogP contribution is 2.37. The Morgan fingerprint density at radius 2 is 2.16 bits per heavy atom. The predicted molar refractivity (Wildman–Crippen MR) is 116 cm³/mol. The summed E-state index contributed by atoms with van der Waals surface area (Å²) in [6, 6.07) is 6.37. The summed E-state index contributed by atoms with van der Waals surface area (Å²) in [5.74, 6) is -0.381. The Morgan fingerprint density at radius 3 is 2.87 bits per heavy atom. The van der Waals surface area contributed by atoms with E-state index in [9.17, 15) is 9.59 Å². The van der Waals surface area contributed by atoms with Crippen molar-refractivity contribution < 1.29 is 22.6 Å². The molecule has 9 nitrogen and oxygen atoms in total. The first kappa shape index (κ1) is 14.3. The zero-order valence-electron chi connectivity index (χ0n) is 22.7. The van der Waals surface area contributed by atoms with Crippen LogP contribution in [0.1, 0.15) is 44.7 Å². The van der Waals surface area contributed by atoms with Crippen molar-refractivity contribution in [1.29, 1.82) is 0 Å². The number of rotatable bonds is 8. The monoisotopic (exact) mass is 426 g/mol. The number of amides is 1. The van der Waals surface area contributed by atoms with E-state index in [1.165, 1.54) is 19.4 Å². The molecule has 0 atom stereocenters. The first-order valence-electron chi connectivity index (χ1n) is 12.6. The maximum absolute atomic E-state index is 12.8. The Hall–Kier alpha value is -3.75. The Balaban J connectivity index is 1.72. The Bertz CT molecular complexity index is 1330. The molecule has 2 N–H and O–H groups in total. The number of para-hydroxylation sites is 1. The number of hydrogen-bond donors (Lipinski definition) is 2. The maximum atomic E-state index is 12.8. The molecule has 0 aliphatic heterocycles. The minimum absolute atomic E-state index is 0.0119. The second-order valence-electron chi connectivity index (χ2n) is 7.00. The number of pyridine rings is 1. The third kappa shape index (κ3) is 4.40. The van der Waals surface area contributed by atoms with Gasteiger partial charge in [-0.1, -0.05) is 12.9 Å². The molecule has 1 saturated carbocycles. The van der Waals surface area contributed by atoms with Crippen LogP contribution in [0, 0.1) is 5.92 Å². The topological polar surface area (TPSA) is 111 Å². The molecule has 4 rings (SSSR count). The van der Waals surface area contributed by atoms with E-state index in [4.69, 9.17) is 13.0 Å². The number of methoxy groups -OCH3 is 1. The number of aryl methyl sites for hydroxylation is 1. The zero-order valence-corrected chi connectivity index (χ0v) is 16.7. The summed E-state index contributed by atoms with van der Waals surface area (Å²) >= 11 is 0. The minimum Gasteiger partial charge on any atom is -0.494 e. The second-order valence-corrected chi connectivity index (χ2v) is 7.00. The molecule has 1 amide bonds.